The van der Waals surface area contributed by atoms with Crippen LogP contribution in [0.25, 0.3) is 5.76 Å². The molecule has 2 aromatic carbocycles. The monoisotopic (exact) mass is 586 g/mol. The average Bonchev–Trinajstić information content (AvgIpc) is 3.43. The number of thiazole rings is 1. The van der Waals surface area contributed by atoms with Crippen molar-refractivity contribution in [1.82, 2.24) is 4.98 Å². The molecule has 1 aliphatic heterocycles. The van der Waals surface area contributed by atoms with Gasteiger partial charge >= 0.3 is 11.9 Å². The van der Waals surface area contributed by atoms with Gasteiger partial charge in [0.05, 0.1) is 34.0 Å². The number of rotatable bonds is 9. The van der Waals surface area contributed by atoms with Gasteiger partial charge in [0.1, 0.15) is 23.0 Å². The smallest absolute Gasteiger partial charge is 0.350 e. The van der Waals surface area contributed by atoms with E-state index in [2.05, 4.69) is 11.6 Å². The first-order valence-electron chi connectivity index (χ1n) is 11.9. The van der Waals surface area contributed by atoms with Crippen molar-refractivity contribution in [3.8, 4) is 5.75 Å². The van der Waals surface area contributed by atoms with Crippen LogP contribution in [0.15, 0.2) is 60.7 Å². The molecule has 1 atom stereocenters. The van der Waals surface area contributed by atoms with Crippen molar-refractivity contribution in [3.05, 3.63) is 92.4 Å². The highest BCUT2D eigenvalue weighted by Crippen LogP contribution is 2.45. The van der Waals surface area contributed by atoms with Gasteiger partial charge in [-0.3, -0.25) is 14.5 Å². The third kappa shape index (κ3) is 5.71. The molecule has 0 spiro atoms. The zero-order chi connectivity index (χ0) is 28.3. The molecule has 1 saturated heterocycles. The first-order chi connectivity index (χ1) is 18.7. The maximum Gasteiger partial charge on any atom is 0.350 e. The predicted octanol–water partition coefficient (Wildman–Crippen LogP) is 6.52. The maximum atomic E-state index is 13.4. The summed E-state index contributed by atoms with van der Waals surface area (Å²) in [6.45, 7) is 7.56. The number of halogens is 2. The molecule has 202 valence electrons. The standard InChI is InChI=1S/C28H24Cl2N2O6S/c1-4-11-37-18-8-6-7-17(13-18)23(33)21-22(16-9-10-19(29)20(30)14-16)32(26(35)24(21)34)28-31-15(3)25(39-28)27(36)38-12-5-2/h5-10,13-14,22,33H,2,4,11-12H2,1,3H3/b23-21+. The number of carbonyl (C=O) groups is 3. The molecular weight excluding hydrogens is 563 g/mol. The summed E-state index contributed by atoms with van der Waals surface area (Å²) in [5, 5.41) is 11.9. The van der Waals surface area contributed by atoms with E-state index in [0.29, 0.717) is 23.6 Å². The van der Waals surface area contributed by atoms with Gasteiger partial charge in [0.15, 0.2) is 5.13 Å². The minimum absolute atomic E-state index is 0.000326. The van der Waals surface area contributed by atoms with Crippen molar-refractivity contribution in [2.45, 2.75) is 26.3 Å². The van der Waals surface area contributed by atoms with E-state index in [4.69, 9.17) is 32.7 Å². The summed E-state index contributed by atoms with van der Waals surface area (Å²) >= 11 is 13.3. The van der Waals surface area contributed by atoms with Gasteiger partial charge in [-0.1, -0.05) is 72.3 Å². The molecule has 1 N–H and O–H groups in total. The Labute approximate surface area is 239 Å². The number of Topliss-reactive ketones (excluding diaryl/α,β-unsaturated/α-hetero) is 1. The van der Waals surface area contributed by atoms with Crippen LogP contribution in [0, 0.1) is 6.92 Å². The van der Waals surface area contributed by atoms with Gasteiger partial charge in [0.2, 0.25) is 0 Å². The number of anilines is 1. The van der Waals surface area contributed by atoms with Gasteiger partial charge in [0, 0.05) is 5.56 Å². The van der Waals surface area contributed by atoms with Crippen LogP contribution in [0.2, 0.25) is 10.0 Å². The highest BCUT2D eigenvalue weighted by molar-refractivity contribution is 7.17. The highest BCUT2D eigenvalue weighted by atomic mass is 35.5. The molecule has 1 fully saturated rings. The van der Waals surface area contributed by atoms with Crippen molar-refractivity contribution in [1.29, 1.82) is 0 Å². The predicted molar refractivity (Wildman–Crippen MR) is 151 cm³/mol. The van der Waals surface area contributed by atoms with E-state index in [-0.39, 0.29) is 37.8 Å². The molecule has 8 nitrogen and oxygen atoms in total. The number of benzene rings is 2. The van der Waals surface area contributed by atoms with Crippen LogP contribution in [0.3, 0.4) is 0 Å². The molecule has 0 bridgehead atoms. The zero-order valence-corrected chi connectivity index (χ0v) is 23.4. The first-order valence-corrected chi connectivity index (χ1v) is 13.5. The van der Waals surface area contributed by atoms with Gasteiger partial charge in [-0.2, -0.15) is 0 Å². The van der Waals surface area contributed by atoms with E-state index in [1.807, 2.05) is 6.92 Å². The number of hydrogen-bond donors (Lipinski definition) is 1. The van der Waals surface area contributed by atoms with E-state index in [0.717, 1.165) is 22.7 Å². The minimum atomic E-state index is -1.11. The number of esters is 1. The Bertz CT molecular complexity index is 1500. The second kappa shape index (κ2) is 12.0. The Morgan fingerprint density at radius 2 is 1.97 bits per heavy atom. The Morgan fingerprint density at radius 3 is 2.67 bits per heavy atom. The van der Waals surface area contributed by atoms with Crippen LogP contribution in [0.5, 0.6) is 5.75 Å². The van der Waals surface area contributed by atoms with Gasteiger partial charge in [0.25, 0.3) is 5.78 Å². The summed E-state index contributed by atoms with van der Waals surface area (Å²) < 4.78 is 10.8. The van der Waals surface area contributed by atoms with E-state index in [9.17, 15) is 19.5 Å². The van der Waals surface area contributed by atoms with Crippen LogP contribution < -0.4 is 9.64 Å². The van der Waals surface area contributed by atoms with E-state index in [1.165, 1.54) is 18.2 Å². The van der Waals surface area contributed by atoms with E-state index in [1.54, 1.807) is 37.3 Å². The second-order valence-electron chi connectivity index (χ2n) is 8.52. The minimum Gasteiger partial charge on any atom is -0.507 e. The van der Waals surface area contributed by atoms with Crippen LogP contribution in [-0.2, 0) is 14.3 Å². The summed E-state index contributed by atoms with van der Waals surface area (Å²) in [5.74, 6) is -2.38. The van der Waals surface area contributed by atoms with Crippen molar-refractivity contribution in [2.24, 2.45) is 0 Å². The van der Waals surface area contributed by atoms with Gasteiger partial charge in [-0.15, -0.1) is 0 Å². The molecule has 4 rings (SSSR count). The molecule has 1 unspecified atom stereocenters. The van der Waals surface area contributed by atoms with Crippen LogP contribution in [-0.4, -0.2) is 41.0 Å². The number of aliphatic hydroxyl groups excluding tert-OH is 1. The van der Waals surface area contributed by atoms with Gasteiger partial charge in [-0.05, 0) is 43.2 Å². The first kappa shape index (κ1) is 28.4. The molecule has 1 aliphatic rings. The SMILES string of the molecule is C=CCOC(=O)c1sc(N2C(=O)C(=O)/C(=C(/O)c3cccc(OCCC)c3)C2c2ccc(Cl)c(Cl)c2)nc1C. The number of aryl methyl sites for hydroxylation is 1. The number of aromatic nitrogens is 1. The van der Waals surface area contributed by atoms with Crippen LogP contribution in [0.1, 0.15) is 45.9 Å². The lowest BCUT2D eigenvalue weighted by molar-refractivity contribution is -0.132. The van der Waals surface area contributed by atoms with Crippen LogP contribution >= 0.6 is 34.5 Å². The third-order valence-corrected chi connectivity index (χ3v) is 7.67. The fourth-order valence-electron chi connectivity index (χ4n) is 4.01. The summed E-state index contributed by atoms with van der Waals surface area (Å²) in [7, 11) is 0. The normalized spacial score (nSPS) is 16.4. The largest absolute Gasteiger partial charge is 0.507 e. The van der Waals surface area contributed by atoms with Crippen molar-refractivity contribution < 1.29 is 29.0 Å². The average molecular weight is 587 g/mol. The summed E-state index contributed by atoms with van der Waals surface area (Å²) in [6.07, 6.45) is 2.22. The van der Waals surface area contributed by atoms with Crippen LogP contribution in [0.4, 0.5) is 5.13 Å². The number of carbonyl (C=O) groups excluding carboxylic acids is 3. The highest BCUT2D eigenvalue weighted by Gasteiger charge is 2.48. The Hall–Kier alpha value is -3.66. The molecule has 2 heterocycles. The zero-order valence-electron chi connectivity index (χ0n) is 21.1. The Balaban J connectivity index is 1.88. The number of ether oxygens (including phenoxy) is 2. The number of hydrogen-bond acceptors (Lipinski definition) is 8. The van der Waals surface area contributed by atoms with Crippen molar-refractivity contribution >= 4 is 63.1 Å². The second-order valence-corrected chi connectivity index (χ2v) is 10.3. The molecule has 3 aromatic rings. The lowest BCUT2D eigenvalue weighted by Crippen LogP contribution is -2.29. The quantitative estimate of drug-likeness (QED) is 0.1000. The Morgan fingerprint density at radius 1 is 1.21 bits per heavy atom. The fourth-order valence-corrected chi connectivity index (χ4v) is 5.31. The lowest BCUT2D eigenvalue weighted by Gasteiger charge is -2.23. The molecule has 0 aliphatic carbocycles. The van der Waals surface area contributed by atoms with E-state index < -0.39 is 29.5 Å². The van der Waals surface area contributed by atoms with E-state index >= 15 is 0 Å². The molecule has 1 aromatic heterocycles. The van der Waals surface area contributed by atoms with Gasteiger partial charge in [-0.25, -0.2) is 9.78 Å². The topological polar surface area (TPSA) is 106 Å². The third-order valence-electron chi connectivity index (χ3n) is 5.79. The molecule has 0 saturated carbocycles. The summed E-state index contributed by atoms with van der Waals surface area (Å²) in [4.78, 5) is 45.1. The number of amides is 1. The molecule has 0 radical (unpaired) electrons. The molecular formula is C28H24Cl2N2O6S. The number of aliphatic hydroxyl groups is 1. The summed E-state index contributed by atoms with van der Waals surface area (Å²) in [5.41, 5.74) is 0.845. The summed E-state index contributed by atoms with van der Waals surface area (Å²) in [6, 6.07) is 10.1. The van der Waals surface area contributed by atoms with Crippen molar-refractivity contribution in [2.75, 3.05) is 18.1 Å². The molecule has 39 heavy (non-hydrogen) atoms. The number of nitrogens with zero attached hydrogens (tertiary/aromatic N) is 2. The van der Waals surface area contributed by atoms with Gasteiger partial charge < -0.3 is 14.6 Å². The Kier molecular flexibility index (Phi) is 8.74. The molecule has 1 amide bonds. The number of ketones is 1. The maximum absolute atomic E-state index is 13.4. The fraction of sp³-hybridized carbons (Fsp3) is 0.214. The van der Waals surface area contributed by atoms with Crippen molar-refractivity contribution in [3.63, 3.8) is 0 Å². The molecule has 11 heteroatoms. The lowest BCUT2D eigenvalue weighted by atomic mass is 9.95.